The van der Waals surface area contributed by atoms with E-state index in [9.17, 15) is 13.2 Å². The van der Waals surface area contributed by atoms with Gasteiger partial charge in [0.15, 0.2) is 0 Å². The fourth-order valence-corrected chi connectivity index (χ4v) is 5.11. The Labute approximate surface area is 181 Å². The number of likely N-dealkylation sites (tertiary alicyclic amines) is 1. The van der Waals surface area contributed by atoms with Gasteiger partial charge in [0, 0.05) is 24.1 Å². The zero-order valence-electron chi connectivity index (χ0n) is 18.0. The van der Waals surface area contributed by atoms with Crippen LogP contribution in [-0.2, 0) is 4.84 Å². The number of nitrogens with zero attached hydrogens (tertiary/aromatic N) is 2. The van der Waals surface area contributed by atoms with Gasteiger partial charge < -0.3 is 9.57 Å². The molecule has 1 aliphatic carbocycles. The summed E-state index contributed by atoms with van der Waals surface area (Å²) in [6, 6.07) is 10.8. The summed E-state index contributed by atoms with van der Waals surface area (Å²) in [5.74, 6) is 0.853. The fourth-order valence-electron chi connectivity index (χ4n) is 5.11. The maximum Gasteiger partial charge on any atom is 0.573 e. The van der Waals surface area contributed by atoms with E-state index >= 15 is 0 Å². The lowest BCUT2D eigenvalue weighted by atomic mass is 9.87. The van der Waals surface area contributed by atoms with E-state index in [1.165, 1.54) is 31.4 Å². The summed E-state index contributed by atoms with van der Waals surface area (Å²) in [6.07, 6.45) is 1.32. The number of benzene rings is 2. The lowest BCUT2D eigenvalue weighted by Gasteiger charge is -2.37. The van der Waals surface area contributed by atoms with Crippen molar-refractivity contribution < 1.29 is 22.7 Å². The Balaban J connectivity index is 1.56. The molecule has 2 aliphatic rings. The molecule has 4 nitrogen and oxygen atoms in total. The molecule has 1 aliphatic heterocycles. The molecule has 0 radical (unpaired) electrons. The average molecular weight is 435 g/mol. The largest absolute Gasteiger partial charge is 0.573 e. The Morgan fingerprint density at radius 1 is 1.06 bits per heavy atom. The first-order valence-corrected chi connectivity index (χ1v) is 11.0. The van der Waals surface area contributed by atoms with Crippen LogP contribution in [0.15, 0.2) is 41.6 Å². The second-order valence-corrected chi connectivity index (χ2v) is 8.84. The van der Waals surface area contributed by atoms with Crippen LogP contribution in [0.1, 0.15) is 44.6 Å². The van der Waals surface area contributed by atoms with Gasteiger partial charge in [-0.05, 0) is 73.5 Å². The molecule has 2 aromatic carbocycles. The van der Waals surface area contributed by atoms with Crippen molar-refractivity contribution in [3.63, 3.8) is 0 Å². The second-order valence-electron chi connectivity index (χ2n) is 8.84. The van der Waals surface area contributed by atoms with Crippen LogP contribution in [0.3, 0.4) is 0 Å². The minimum atomic E-state index is -4.70. The summed E-state index contributed by atoms with van der Waals surface area (Å²) in [6.45, 7) is 4.43. The summed E-state index contributed by atoms with van der Waals surface area (Å²) < 4.78 is 41.6. The van der Waals surface area contributed by atoms with Gasteiger partial charge in [0.05, 0.1) is 5.71 Å². The lowest BCUT2D eigenvalue weighted by molar-refractivity contribution is -0.274. The Kier molecular flexibility index (Phi) is 6.42. The van der Waals surface area contributed by atoms with Crippen molar-refractivity contribution in [1.29, 1.82) is 0 Å². The molecule has 0 bridgehead atoms. The molecule has 0 amide bonds. The minimum absolute atomic E-state index is 0.216. The maximum absolute atomic E-state index is 12.5. The molecule has 168 valence electrons. The van der Waals surface area contributed by atoms with E-state index in [4.69, 9.17) is 4.84 Å². The number of fused-ring (bicyclic) bond motifs is 1. The molecule has 4 rings (SSSR count). The molecule has 3 unspecified atom stereocenters. The van der Waals surface area contributed by atoms with Crippen LogP contribution in [0.4, 0.5) is 13.2 Å². The van der Waals surface area contributed by atoms with E-state index in [2.05, 4.69) is 21.7 Å². The molecule has 1 saturated carbocycles. The third kappa shape index (κ3) is 5.32. The van der Waals surface area contributed by atoms with E-state index in [1.54, 1.807) is 13.2 Å². The van der Waals surface area contributed by atoms with Crippen LogP contribution < -0.4 is 4.74 Å². The number of ether oxygens (including phenoxy) is 1. The zero-order valence-corrected chi connectivity index (χ0v) is 18.0. The van der Waals surface area contributed by atoms with Gasteiger partial charge in [-0.25, -0.2) is 0 Å². The molecule has 0 spiro atoms. The first-order valence-electron chi connectivity index (χ1n) is 11.0. The van der Waals surface area contributed by atoms with E-state index in [1.807, 2.05) is 18.2 Å². The van der Waals surface area contributed by atoms with Crippen LogP contribution in [0.25, 0.3) is 10.8 Å². The minimum Gasteiger partial charge on any atom is -0.406 e. The van der Waals surface area contributed by atoms with Crippen molar-refractivity contribution in [1.82, 2.24) is 4.90 Å². The van der Waals surface area contributed by atoms with Crippen molar-refractivity contribution >= 4 is 16.5 Å². The van der Waals surface area contributed by atoms with E-state index in [0.29, 0.717) is 11.4 Å². The summed E-state index contributed by atoms with van der Waals surface area (Å²) in [4.78, 5) is 7.82. The molecule has 2 fully saturated rings. The molecule has 7 heteroatoms. The van der Waals surface area contributed by atoms with Crippen LogP contribution in [0.2, 0.25) is 0 Å². The summed E-state index contributed by atoms with van der Waals surface area (Å²) in [5.41, 5.74) is 1.86. The van der Waals surface area contributed by atoms with Crippen LogP contribution in [0.5, 0.6) is 5.75 Å². The maximum atomic E-state index is 12.5. The SMILES string of the molecule is CO/N=C(/c1ccc2cc(OC(F)(F)F)ccc2c1)C1CCCN(C2CCC(C)C2)C1. The second kappa shape index (κ2) is 9.07. The van der Waals surface area contributed by atoms with Gasteiger partial charge in [0.2, 0.25) is 0 Å². The van der Waals surface area contributed by atoms with Crippen molar-refractivity contribution in [2.45, 2.75) is 51.4 Å². The highest BCUT2D eigenvalue weighted by molar-refractivity contribution is 6.04. The smallest absolute Gasteiger partial charge is 0.406 e. The normalized spacial score (nSPS) is 25.7. The Morgan fingerprint density at radius 3 is 2.55 bits per heavy atom. The van der Waals surface area contributed by atoms with Crippen molar-refractivity contribution in [3.05, 3.63) is 42.0 Å². The number of oxime groups is 1. The number of piperidine rings is 1. The highest BCUT2D eigenvalue weighted by Crippen LogP contribution is 2.33. The lowest BCUT2D eigenvalue weighted by Crippen LogP contribution is -2.44. The zero-order chi connectivity index (χ0) is 22.0. The number of halogens is 3. The number of rotatable bonds is 5. The number of alkyl halides is 3. The summed E-state index contributed by atoms with van der Waals surface area (Å²) in [5, 5.41) is 5.91. The quantitative estimate of drug-likeness (QED) is 0.428. The monoisotopic (exact) mass is 434 g/mol. The van der Waals surface area contributed by atoms with Gasteiger partial charge in [0.1, 0.15) is 12.9 Å². The van der Waals surface area contributed by atoms with Gasteiger partial charge in [-0.3, -0.25) is 4.90 Å². The van der Waals surface area contributed by atoms with Gasteiger partial charge >= 0.3 is 6.36 Å². The topological polar surface area (TPSA) is 34.1 Å². The highest BCUT2D eigenvalue weighted by Gasteiger charge is 2.33. The van der Waals surface area contributed by atoms with E-state index in [-0.39, 0.29) is 11.7 Å². The average Bonchev–Trinajstić information content (AvgIpc) is 3.17. The Bertz CT molecular complexity index is 944. The third-order valence-electron chi connectivity index (χ3n) is 6.55. The van der Waals surface area contributed by atoms with Gasteiger partial charge in [-0.15, -0.1) is 13.2 Å². The Hall–Kier alpha value is -2.28. The standard InChI is InChI=1S/C24H29F3N2O2/c1-16-5-9-21(12-16)29-11-3-4-20(15-29)23(28-30-2)19-7-6-18-14-22(31-24(25,26)27)10-8-17(18)13-19/h6-8,10,13-14,16,20-21H,3-5,9,11-12,15H2,1-2H3/b28-23-. The third-order valence-corrected chi connectivity index (χ3v) is 6.55. The molecular formula is C24H29F3N2O2. The molecule has 0 N–H and O–H groups in total. The van der Waals surface area contributed by atoms with Gasteiger partial charge in [0.25, 0.3) is 0 Å². The Morgan fingerprint density at radius 2 is 1.84 bits per heavy atom. The molecular weight excluding hydrogens is 405 g/mol. The van der Waals surface area contributed by atoms with Crippen molar-refractivity contribution in [2.24, 2.45) is 17.0 Å². The number of hydrogen-bond donors (Lipinski definition) is 0. The number of hydrogen-bond acceptors (Lipinski definition) is 4. The molecule has 2 aromatic rings. The first-order chi connectivity index (χ1) is 14.8. The molecule has 0 aromatic heterocycles. The van der Waals surface area contributed by atoms with E-state index < -0.39 is 6.36 Å². The summed E-state index contributed by atoms with van der Waals surface area (Å²) in [7, 11) is 1.56. The molecule has 1 heterocycles. The first kappa shape index (κ1) is 21.9. The van der Waals surface area contributed by atoms with Gasteiger partial charge in [-0.1, -0.05) is 30.3 Å². The highest BCUT2D eigenvalue weighted by atomic mass is 19.4. The molecule has 3 atom stereocenters. The van der Waals surface area contributed by atoms with Crippen LogP contribution in [-0.4, -0.2) is 43.2 Å². The van der Waals surface area contributed by atoms with Gasteiger partial charge in [-0.2, -0.15) is 0 Å². The predicted octanol–water partition coefficient (Wildman–Crippen LogP) is 5.99. The predicted molar refractivity (Wildman–Crippen MR) is 115 cm³/mol. The fraction of sp³-hybridized carbons (Fsp3) is 0.542. The van der Waals surface area contributed by atoms with Crippen molar-refractivity contribution in [2.75, 3.05) is 20.2 Å². The summed E-state index contributed by atoms with van der Waals surface area (Å²) >= 11 is 0. The molecule has 31 heavy (non-hydrogen) atoms. The molecule has 1 saturated heterocycles. The van der Waals surface area contributed by atoms with E-state index in [0.717, 1.165) is 48.5 Å². The van der Waals surface area contributed by atoms with Crippen LogP contribution in [0, 0.1) is 11.8 Å². The van der Waals surface area contributed by atoms with Crippen LogP contribution >= 0.6 is 0 Å². The van der Waals surface area contributed by atoms with Crippen molar-refractivity contribution in [3.8, 4) is 5.75 Å².